The fourth-order valence-electron chi connectivity index (χ4n) is 1.43. The van der Waals surface area contributed by atoms with Crippen LogP contribution in [0.15, 0.2) is 24.8 Å². The van der Waals surface area contributed by atoms with E-state index < -0.39 is 0 Å². The van der Waals surface area contributed by atoms with Gasteiger partial charge in [-0.15, -0.1) is 0 Å². The largest absolute Gasteiger partial charge is 0.351 e. The van der Waals surface area contributed by atoms with E-state index in [-0.39, 0.29) is 11.4 Å². The van der Waals surface area contributed by atoms with Crippen LogP contribution < -0.4 is 5.32 Å². The number of hydrogen-bond donors (Lipinski definition) is 1. The van der Waals surface area contributed by atoms with Crippen LogP contribution in [-0.2, 0) is 4.79 Å². The summed E-state index contributed by atoms with van der Waals surface area (Å²) in [5, 5.41) is 2.96. The van der Waals surface area contributed by atoms with E-state index in [1.54, 1.807) is 6.08 Å². The number of allylic oxidation sites excluding steroid dienone is 2. The van der Waals surface area contributed by atoms with Gasteiger partial charge in [0.15, 0.2) is 0 Å². The summed E-state index contributed by atoms with van der Waals surface area (Å²) in [5.74, 6) is 0.171. The lowest BCUT2D eigenvalue weighted by atomic mass is 9.96. The van der Waals surface area contributed by atoms with Gasteiger partial charge in [-0.2, -0.15) is 0 Å². The molecule has 0 aliphatic carbocycles. The zero-order valence-electron chi connectivity index (χ0n) is 7.47. The van der Waals surface area contributed by atoms with Gasteiger partial charge in [0.25, 0.3) is 0 Å². The molecule has 1 saturated heterocycles. The van der Waals surface area contributed by atoms with Crippen molar-refractivity contribution in [2.45, 2.75) is 31.7 Å². The Morgan fingerprint density at radius 1 is 1.75 bits per heavy atom. The van der Waals surface area contributed by atoms with Gasteiger partial charge in [-0.1, -0.05) is 24.8 Å². The molecule has 1 fully saturated rings. The second kappa shape index (κ2) is 3.57. The summed E-state index contributed by atoms with van der Waals surface area (Å²) in [5.41, 5.74) is -0.0173. The topological polar surface area (TPSA) is 29.1 Å². The third-order valence-electron chi connectivity index (χ3n) is 2.19. The van der Waals surface area contributed by atoms with Crippen LogP contribution in [0.4, 0.5) is 0 Å². The molecule has 1 aliphatic rings. The van der Waals surface area contributed by atoms with Crippen molar-refractivity contribution in [3.05, 3.63) is 24.8 Å². The Morgan fingerprint density at radius 2 is 2.50 bits per heavy atom. The quantitative estimate of drug-likeness (QED) is 0.635. The van der Waals surface area contributed by atoms with Gasteiger partial charge in [-0.25, -0.2) is 0 Å². The monoisotopic (exact) mass is 165 g/mol. The molecule has 1 N–H and O–H groups in total. The summed E-state index contributed by atoms with van der Waals surface area (Å²) in [6.07, 6.45) is 8.20. The minimum atomic E-state index is -0.0173. The first-order chi connectivity index (χ1) is 5.66. The Balaban J connectivity index is 2.44. The Kier molecular flexibility index (Phi) is 2.69. The van der Waals surface area contributed by atoms with E-state index in [2.05, 4.69) is 18.8 Å². The molecule has 1 heterocycles. The second-order valence-corrected chi connectivity index (χ2v) is 3.48. The van der Waals surface area contributed by atoms with Crippen molar-refractivity contribution in [1.82, 2.24) is 5.32 Å². The van der Waals surface area contributed by atoms with E-state index in [1.807, 2.05) is 12.2 Å². The van der Waals surface area contributed by atoms with Gasteiger partial charge in [-0.05, 0) is 19.8 Å². The van der Waals surface area contributed by atoms with Gasteiger partial charge in [0, 0.05) is 12.0 Å². The van der Waals surface area contributed by atoms with E-state index in [4.69, 9.17) is 0 Å². The Labute approximate surface area is 73.4 Å². The zero-order valence-corrected chi connectivity index (χ0v) is 7.47. The lowest BCUT2D eigenvalue weighted by Gasteiger charge is -2.21. The molecule has 0 spiro atoms. The van der Waals surface area contributed by atoms with Crippen molar-refractivity contribution in [1.29, 1.82) is 0 Å². The molecular weight excluding hydrogens is 150 g/mol. The molecule has 0 radical (unpaired) electrons. The molecule has 1 unspecified atom stereocenters. The van der Waals surface area contributed by atoms with Crippen LogP contribution in [0.25, 0.3) is 0 Å². The van der Waals surface area contributed by atoms with Crippen LogP contribution in [0.3, 0.4) is 0 Å². The number of rotatable bonds is 3. The molecule has 1 rings (SSSR count). The maximum atomic E-state index is 10.9. The SMILES string of the molecule is C=CC=CCC1(C)CCC(=O)N1. The number of hydrogen-bond acceptors (Lipinski definition) is 1. The van der Waals surface area contributed by atoms with Crippen molar-refractivity contribution in [2.24, 2.45) is 0 Å². The first-order valence-corrected chi connectivity index (χ1v) is 4.25. The fraction of sp³-hybridized carbons (Fsp3) is 0.500. The highest BCUT2D eigenvalue weighted by molar-refractivity contribution is 5.79. The maximum absolute atomic E-state index is 10.9. The van der Waals surface area contributed by atoms with Crippen molar-refractivity contribution < 1.29 is 4.79 Å². The van der Waals surface area contributed by atoms with Gasteiger partial charge < -0.3 is 5.32 Å². The lowest BCUT2D eigenvalue weighted by molar-refractivity contribution is -0.119. The van der Waals surface area contributed by atoms with Crippen LogP contribution >= 0.6 is 0 Å². The fourth-order valence-corrected chi connectivity index (χ4v) is 1.43. The van der Waals surface area contributed by atoms with E-state index in [1.165, 1.54) is 0 Å². The van der Waals surface area contributed by atoms with Crippen molar-refractivity contribution in [2.75, 3.05) is 0 Å². The molecule has 1 atom stereocenters. The predicted octanol–water partition coefficient (Wildman–Crippen LogP) is 1.79. The lowest BCUT2D eigenvalue weighted by Crippen LogP contribution is -2.37. The molecule has 1 amide bonds. The smallest absolute Gasteiger partial charge is 0.220 e. The Hall–Kier alpha value is -1.05. The summed E-state index contributed by atoms with van der Waals surface area (Å²) >= 11 is 0. The molecule has 66 valence electrons. The molecular formula is C10H15NO. The molecule has 2 nitrogen and oxygen atoms in total. The highest BCUT2D eigenvalue weighted by Crippen LogP contribution is 2.23. The van der Waals surface area contributed by atoms with Gasteiger partial charge in [0.1, 0.15) is 0 Å². The van der Waals surface area contributed by atoms with Crippen molar-refractivity contribution in [3.63, 3.8) is 0 Å². The Bertz CT molecular complexity index is 220. The standard InChI is InChI=1S/C10H15NO/c1-3-4-5-7-10(2)8-6-9(12)11-10/h3-5H,1,6-8H2,2H3,(H,11,12). The molecule has 1 aliphatic heterocycles. The zero-order chi connectivity index (χ0) is 9.03. The summed E-state index contributed by atoms with van der Waals surface area (Å²) in [4.78, 5) is 10.9. The highest BCUT2D eigenvalue weighted by Gasteiger charge is 2.31. The summed E-state index contributed by atoms with van der Waals surface area (Å²) < 4.78 is 0. The number of carbonyl (C=O) groups is 1. The number of nitrogens with one attached hydrogen (secondary N) is 1. The molecule has 0 aromatic rings. The molecule has 12 heavy (non-hydrogen) atoms. The van der Waals surface area contributed by atoms with Gasteiger partial charge in [0.2, 0.25) is 5.91 Å². The van der Waals surface area contributed by atoms with Gasteiger partial charge in [-0.3, -0.25) is 4.79 Å². The average molecular weight is 165 g/mol. The third-order valence-corrected chi connectivity index (χ3v) is 2.19. The number of carbonyl (C=O) groups excluding carboxylic acids is 1. The normalized spacial score (nSPS) is 29.2. The van der Waals surface area contributed by atoms with E-state index in [9.17, 15) is 4.79 Å². The van der Waals surface area contributed by atoms with Gasteiger partial charge >= 0.3 is 0 Å². The molecule has 0 aromatic carbocycles. The minimum Gasteiger partial charge on any atom is -0.351 e. The van der Waals surface area contributed by atoms with Crippen LogP contribution in [0.5, 0.6) is 0 Å². The molecule has 2 heteroatoms. The molecule has 0 saturated carbocycles. The highest BCUT2D eigenvalue weighted by atomic mass is 16.2. The summed E-state index contributed by atoms with van der Waals surface area (Å²) in [7, 11) is 0. The predicted molar refractivity (Wildman–Crippen MR) is 49.7 cm³/mol. The third kappa shape index (κ3) is 2.22. The first-order valence-electron chi connectivity index (χ1n) is 4.25. The van der Waals surface area contributed by atoms with Crippen LogP contribution in [-0.4, -0.2) is 11.4 Å². The van der Waals surface area contributed by atoms with Crippen LogP contribution in [0.2, 0.25) is 0 Å². The van der Waals surface area contributed by atoms with E-state index in [0.29, 0.717) is 6.42 Å². The second-order valence-electron chi connectivity index (χ2n) is 3.48. The Morgan fingerprint density at radius 3 is 3.00 bits per heavy atom. The van der Waals surface area contributed by atoms with E-state index in [0.717, 1.165) is 12.8 Å². The van der Waals surface area contributed by atoms with Crippen LogP contribution in [0.1, 0.15) is 26.2 Å². The summed E-state index contributed by atoms with van der Waals surface area (Å²) in [6, 6.07) is 0. The van der Waals surface area contributed by atoms with Crippen molar-refractivity contribution >= 4 is 5.91 Å². The number of amides is 1. The van der Waals surface area contributed by atoms with Crippen molar-refractivity contribution in [3.8, 4) is 0 Å². The minimum absolute atomic E-state index is 0.0173. The van der Waals surface area contributed by atoms with E-state index >= 15 is 0 Å². The average Bonchev–Trinajstić information content (AvgIpc) is 2.32. The molecule has 0 aromatic heterocycles. The van der Waals surface area contributed by atoms with Gasteiger partial charge in [0.05, 0.1) is 0 Å². The van der Waals surface area contributed by atoms with Crippen LogP contribution in [0, 0.1) is 0 Å². The summed E-state index contributed by atoms with van der Waals surface area (Å²) in [6.45, 7) is 5.66. The molecule has 0 bridgehead atoms. The first kappa shape index (κ1) is 9.04. The maximum Gasteiger partial charge on any atom is 0.220 e.